The maximum Gasteiger partial charge on any atom is 0.417 e. The van der Waals surface area contributed by atoms with Gasteiger partial charge in [0.15, 0.2) is 5.03 Å². The van der Waals surface area contributed by atoms with E-state index in [0.717, 1.165) is 12.1 Å². The normalized spacial score (nSPS) is 20.3. The molecule has 4 heterocycles. The second kappa shape index (κ2) is 8.20. The summed E-state index contributed by atoms with van der Waals surface area (Å²) in [5, 5.41) is 2.38. The van der Waals surface area contributed by atoms with Crippen LogP contribution in [0, 0.1) is 5.92 Å². The molecule has 31 heavy (non-hydrogen) atoms. The molecule has 9 nitrogen and oxygen atoms in total. The third kappa shape index (κ3) is 4.57. The molecule has 0 aromatic carbocycles. The van der Waals surface area contributed by atoms with Crippen LogP contribution in [0.3, 0.4) is 0 Å². The Morgan fingerprint density at radius 2 is 2.06 bits per heavy atom. The topological polar surface area (TPSA) is 106 Å². The van der Waals surface area contributed by atoms with Gasteiger partial charge >= 0.3 is 6.18 Å². The molecule has 168 valence electrons. The highest BCUT2D eigenvalue weighted by atomic mass is 32.2. The number of hydrogen-bond acceptors (Lipinski definition) is 6. The zero-order valence-electron chi connectivity index (χ0n) is 16.3. The zero-order valence-corrected chi connectivity index (χ0v) is 17.1. The number of piperidine rings is 1. The molecule has 1 saturated heterocycles. The molecule has 4 rings (SSSR count). The highest BCUT2D eigenvalue weighted by molar-refractivity contribution is 7.89. The van der Waals surface area contributed by atoms with E-state index >= 15 is 0 Å². The highest BCUT2D eigenvalue weighted by Gasteiger charge is 2.36. The Balaban J connectivity index is 1.44. The summed E-state index contributed by atoms with van der Waals surface area (Å²) >= 11 is 0. The molecule has 2 aliphatic heterocycles. The lowest BCUT2D eigenvalue weighted by atomic mass is 9.99. The molecule has 0 unspecified atom stereocenters. The van der Waals surface area contributed by atoms with Crippen LogP contribution in [0.5, 0.6) is 0 Å². The Morgan fingerprint density at radius 1 is 1.26 bits per heavy atom. The van der Waals surface area contributed by atoms with E-state index in [2.05, 4.69) is 15.3 Å². The summed E-state index contributed by atoms with van der Waals surface area (Å²) in [6.45, 7) is 1.44. The Kier molecular flexibility index (Phi) is 5.75. The number of sulfonamides is 1. The minimum Gasteiger partial charge on any atom is -0.372 e. The lowest BCUT2D eigenvalue weighted by Gasteiger charge is -2.30. The third-order valence-electron chi connectivity index (χ3n) is 5.25. The van der Waals surface area contributed by atoms with Crippen molar-refractivity contribution in [3.05, 3.63) is 35.9 Å². The van der Waals surface area contributed by atoms with Gasteiger partial charge in [-0.1, -0.05) is 0 Å². The Hall–Kier alpha value is -2.51. The fraction of sp³-hybridized carbons (Fsp3) is 0.500. The molecule has 1 N–H and O–H groups in total. The van der Waals surface area contributed by atoms with Crippen LogP contribution in [0.1, 0.15) is 24.2 Å². The first kappa shape index (κ1) is 21.7. The summed E-state index contributed by atoms with van der Waals surface area (Å²) in [6.07, 6.45) is -1.49. The molecule has 0 radical (unpaired) electrons. The molecular formula is C18H20F3N5O4S. The van der Waals surface area contributed by atoms with E-state index < -0.39 is 33.6 Å². The van der Waals surface area contributed by atoms with Crippen molar-refractivity contribution in [2.24, 2.45) is 5.92 Å². The number of nitrogens with one attached hydrogen (secondary N) is 1. The SMILES string of the molecule is O=C(Nc1ccc(C(F)(F)F)cn1)[C@@H]1CCCN(S(=O)(=O)c2cn3c(n2)COCC3)C1. The van der Waals surface area contributed by atoms with Crippen molar-refractivity contribution in [2.75, 3.05) is 25.0 Å². The van der Waals surface area contributed by atoms with Crippen molar-refractivity contribution in [2.45, 2.75) is 37.2 Å². The molecule has 0 aliphatic carbocycles. The largest absolute Gasteiger partial charge is 0.417 e. The quantitative estimate of drug-likeness (QED) is 0.748. The number of nitrogens with zero attached hydrogens (tertiary/aromatic N) is 4. The Bertz CT molecular complexity index is 1050. The van der Waals surface area contributed by atoms with Gasteiger partial charge in [-0.05, 0) is 25.0 Å². The van der Waals surface area contributed by atoms with Crippen LogP contribution >= 0.6 is 0 Å². The molecule has 0 saturated carbocycles. The predicted molar refractivity (Wildman–Crippen MR) is 101 cm³/mol. The maximum absolute atomic E-state index is 13.0. The molecule has 1 fully saturated rings. The van der Waals surface area contributed by atoms with Crippen LogP contribution in [0.4, 0.5) is 19.0 Å². The second-order valence-electron chi connectivity index (χ2n) is 7.36. The molecule has 2 aliphatic rings. The van der Waals surface area contributed by atoms with E-state index in [1.807, 2.05) is 0 Å². The summed E-state index contributed by atoms with van der Waals surface area (Å²) in [6, 6.07) is 1.89. The summed E-state index contributed by atoms with van der Waals surface area (Å²) in [5.74, 6) is -0.651. The van der Waals surface area contributed by atoms with E-state index in [4.69, 9.17) is 4.74 Å². The van der Waals surface area contributed by atoms with Crippen molar-refractivity contribution >= 4 is 21.7 Å². The van der Waals surface area contributed by atoms with Crippen LogP contribution in [-0.4, -0.2) is 52.9 Å². The fourth-order valence-corrected chi connectivity index (χ4v) is 5.05. The summed E-state index contributed by atoms with van der Waals surface area (Å²) in [5.41, 5.74) is -0.923. The van der Waals surface area contributed by atoms with Crippen molar-refractivity contribution in [1.29, 1.82) is 0 Å². The number of aromatic nitrogens is 3. The number of alkyl halides is 3. The first-order valence-corrected chi connectivity index (χ1v) is 11.1. The van der Waals surface area contributed by atoms with Gasteiger partial charge in [-0.25, -0.2) is 18.4 Å². The number of hydrogen-bond donors (Lipinski definition) is 1. The first-order valence-electron chi connectivity index (χ1n) is 9.62. The lowest BCUT2D eigenvalue weighted by molar-refractivity contribution is -0.137. The van der Waals surface area contributed by atoms with Gasteiger partial charge in [-0.15, -0.1) is 0 Å². The van der Waals surface area contributed by atoms with E-state index in [-0.39, 0.29) is 30.5 Å². The zero-order chi connectivity index (χ0) is 22.2. The summed E-state index contributed by atoms with van der Waals surface area (Å²) in [4.78, 5) is 20.4. The number of anilines is 1. The van der Waals surface area contributed by atoms with Gasteiger partial charge in [0.2, 0.25) is 5.91 Å². The molecule has 13 heteroatoms. The van der Waals surface area contributed by atoms with Crippen molar-refractivity contribution in [3.8, 4) is 0 Å². The van der Waals surface area contributed by atoms with E-state index in [1.165, 1.54) is 10.5 Å². The van der Waals surface area contributed by atoms with Gasteiger partial charge in [0.05, 0.1) is 18.1 Å². The van der Waals surface area contributed by atoms with Crippen LogP contribution in [0.15, 0.2) is 29.6 Å². The molecular weight excluding hydrogens is 439 g/mol. The molecule has 2 aromatic rings. The van der Waals surface area contributed by atoms with Crippen LogP contribution in [0.25, 0.3) is 0 Å². The standard InChI is InChI=1S/C18H20F3N5O4S/c19-18(20,21)13-3-4-14(22-8-13)23-17(27)12-2-1-5-26(9-12)31(28,29)16-10-25-6-7-30-11-15(25)24-16/h3-4,8,10,12H,1-2,5-7,9,11H2,(H,22,23,27)/t12-/m1/s1. The minimum absolute atomic E-state index is 0.0280. The fourth-order valence-electron chi connectivity index (χ4n) is 3.56. The number of carbonyl (C=O) groups is 1. The Morgan fingerprint density at radius 3 is 2.74 bits per heavy atom. The number of rotatable bonds is 4. The third-order valence-corrected chi connectivity index (χ3v) is 6.98. The number of amides is 1. The predicted octanol–water partition coefficient (Wildman–Crippen LogP) is 1.87. The van der Waals surface area contributed by atoms with Gasteiger partial charge in [0.1, 0.15) is 18.2 Å². The summed E-state index contributed by atoms with van der Waals surface area (Å²) < 4.78 is 72.2. The van der Waals surface area contributed by atoms with Gasteiger partial charge in [-0.3, -0.25) is 4.79 Å². The van der Waals surface area contributed by atoms with E-state index in [9.17, 15) is 26.4 Å². The lowest BCUT2D eigenvalue weighted by Crippen LogP contribution is -2.43. The van der Waals surface area contributed by atoms with Crippen molar-refractivity contribution in [3.63, 3.8) is 0 Å². The maximum atomic E-state index is 13.0. The Labute approximate surface area is 176 Å². The van der Waals surface area contributed by atoms with Crippen LogP contribution in [0.2, 0.25) is 0 Å². The van der Waals surface area contributed by atoms with Crippen molar-refractivity contribution in [1.82, 2.24) is 18.8 Å². The van der Waals surface area contributed by atoms with Gasteiger partial charge in [0, 0.05) is 32.0 Å². The second-order valence-corrected chi connectivity index (χ2v) is 9.25. The molecule has 0 bridgehead atoms. The molecule has 2 aromatic heterocycles. The van der Waals surface area contributed by atoms with Crippen LogP contribution < -0.4 is 5.32 Å². The number of halogens is 3. The molecule has 1 atom stereocenters. The average Bonchev–Trinajstić information content (AvgIpc) is 3.19. The molecule has 0 spiro atoms. The first-order chi connectivity index (χ1) is 14.6. The van der Waals surface area contributed by atoms with Crippen LogP contribution in [-0.2, 0) is 38.9 Å². The number of pyridine rings is 1. The van der Waals surface area contributed by atoms with E-state index in [0.29, 0.717) is 38.0 Å². The van der Waals surface area contributed by atoms with Gasteiger partial charge in [0.25, 0.3) is 10.0 Å². The molecule has 1 amide bonds. The van der Waals surface area contributed by atoms with E-state index in [1.54, 1.807) is 4.57 Å². The number of imidazole rings is 1. The minimum atomic E-state index is -4.52. The number of carbonyl (C=O) groups excluding carboxylic acids is 1. The smallest absolute Gasteiger partial charge is 0.372 e. The highest BCUT2D eigenvalue weighted by Crippen LogP contribution is 2.29. The van der Waals surface area contributed by atoms with Gasteiger partial charge in [-0.2, -0.15) is 17.5 Å². The number of fused-ring (bicyclic) bond motifs is 1. The average molecular weight is 459 g/mol. The number of ether oxygens (including phenoxy) is 1. The monoisotopic (exact) mass is 459 g/mol. The van der Waals surface area contributed by atoms with Gasteiger partial charge < -0.3 is 14.6 Å². The van der Waals surface area contributed by atoms with Crippen molar-refractivity contribution < 1.29 is 31.1 Å². The summed E-state index contributed by atoms with van der Waals surface area (Å²) in [7, 11) is -3.89.